The van der Waals surface area contributed by atoms with Crippen molar-refractivity contribution in [1.82, 2.24) is 0 Å². The molecule has 0 atom stereocenters. The molecule has 1 rings (SSSR count). The van der Waals surface area contributed by atoms with Crippen molar-refractivity contribution in [3.05, 3.63) is 35.9 Å². The first kappa shape index (κ1) is 9.51. The van der Waals surface area contributed by atoms with Crippen molar-refractivity contribution >= 4 is 0 Å². The zero-order chi connectivity index (χ0) is 8.53. The van der Waals surface area contributed by atoms with Crippen LogP contribution in [0.5, 0.6) is 0 Å². The third-order valence-corrected chi connectivity index (χ3v) is 1.25. The first-order valence-corrected chi connectivity index (χ1v) is 3.48. The average Bonchev–Trinajstić information content (AvgIpc) is 2.08. The van der Waals surface area contributed by atoms with Gasteiger partial charge in [-0.15, -0.1) is 0 Å². The Labute approximate surface area is 67.3 Å². The van der Waals surface area contributed by atoms with Crippen LogP contribution in [0, 0.1) is 11.5 Å². The number of nitrogens with zero attached hydrogens (tertiary/aromatic N) is 1. The topological polar surface area (TPSA) is 49.8 Å². The molecule has 1 aromatic rings. The molecule has 0 aliphatic rings. The molecule has 58 valence electrons. The maximum absolute atomic E-state index is 7.10. The second kappa shape index (κ2) is 6.63. The van der Waals surface area contributed by atoms with Crippen LogP contribution in [0.25, 0.3) is 0 Å². The molecule has 0 spiro atoms. The quantitative estimate of drug-likeness (QED) is 0.486. The fourth-order valence-corrected chi connectivity index (χ4v) is 0.714. The first-order valence-electron chi connectivity index (χ1n) is 3.48. The summed E-state index contributed by atoms with van der Waals surface area (Å²) in [7, 11) is 0. The summed E-state index contributed by atoms with van der Waals surface area (Å²) in [6, 6.07) is 10.5. The molecule has 1 aromatic carbocycles. The number of nitrogens with two attached hydrogens (primary N) is 1. The summed E-state index contributed by atoms with van der Waals surface area (Å²) in [5.41, 5.74) is 5.56. The molecule has 0 bridgehead atoms. The molecule has 2 N–H and O–H groups in total. The molecule has 0 aromatic heterocycles. The van der Waals surface area contributed by atoms with Gasteiger partial charge in [0, 0.05) is 0 Å². The summed E-state index contributed by atoms with van der Waals surface area (Å²) in [5.74, 6) is 0. The lowest BCUT2D eigenvalue weighted by Crippen LogP contribution is -1.73. The third kappa shape index (κ3) is 4.98. The van der Waals surface area contributed by atoms with E-state index >= 15 is 0 Å². The molecule has 11 heavy (non-hydrogen) atoms. The van der Waals surface area contributed by atoms with E-state index in [1.54, 1.807) is 0 Å². The minimum absolute atomic E-state index is 1.14. The van der Waals surface area contributed by atoms with E-state index in [0.29, 0.717) is 0 Å². The van der Waals surface area contributed by atoms with E-state index in [1.807, 2.05) is 6.07 Å². The Balaban J connectivity index is 0.000000292. The smallest absolute Gasteiger partial charge is 0.173 e. The monoisotopic (exact) mass is 148 g/mol. The minimum Gasteiger partial charge on any atom is -0.337 e. The largest absolute Gasteiger partial charge is 0.337 e. The van der Waals surface area contributed by atoms with Crippen LogP contribution in [0.1, 0.15) is 12.5 Å². The van der Waals surface area contributed by atoms with Crippen molar-refractivity contribution in [2.45, 2.75) is 13.3 Å². The van der Waals surface area contributed by atoms with Crippen molar-refractivity contribution in [2.75, 3.05) is 0 Å². The molecule has 0 saturated carbocycles. The normalized spacial score (nSPS) is 7.27. The Morgan fingerprint density at radius 2 is 1.82 bits per heavy atom. The Morgan fingerprint density at radius 3 is 2.09 bits per heavy atom. The van der Waals surface area contributed by atoms with E-state index in [2.05, 4.69) is 36.9 Å². The maximum atomic E-state index is 7.10. The Morgan fingerprint density at radius 1 is 1.36 bits per heavy atom. The number of aryl methyl sites for hydroxylation is 1. The van der Waals surface area contributed by atoms with Gasteiger partial charge in [0.25, 0.3) is 0 Å². The first-order chi connectivity index (χ1) is 5.35. The van der Waals surface area contributed by atoms with Gasteiger partial charge in [0.15, 0.2) is 6.19 Å². The molecule has 0 heterocycles. The van der Waals surface area contributed by atoms with Crippen molar-refractivity contribution in [3.8, 4) is 6.19 Å². The summed E-state index contributed by atoms with van der Waals surface area (Å²) < 4.78 is 0. The summed E-state index contributed by atoms with van der Waals surface area (Å²) in [6.45, 7) is 2.16. The number of benzene rings is 1. The maximum Gasteiger partial charge on any atom is 0.173 e. The van der Waals surface area contributed by atoms with Gasteiger partial charge >= 0.3 is 0 Å². The van der Waals surface area contributed by atoms with Crippen LogP contribution in [0.3, 0.4) is 0 Å². The molecule has 0 saturated heterocycles. The van der Waals surface area contributed by atoms with Crippen LogP contribution >= 0.6 is 0 Å². The van der Waals surface area contributed by atoms with Gasteiger partial charge in [0.1, 0.15) is 0 Å². The van der Waals surface area contributed by atoms with Crippen molar-refractivity contribution in [1.29, 1.82) is 5.26 Å². The molecule has 2 nitrogen and oxygen atoms in total. The van der Waals surface area contributed by atoms with Gasteiger partial charge in [0.05, 0.1) is 0 Å². The Bertz CT molecular complexity index is 211. The SMILES string of the molecule is CCc1ccccc1.N#CN. The van der Waals surface area contributed by atoms with Crippen molar-refractivity contribution in [3.63, 3.8) is 0 Å². The van der Waals surface area contributed by atoms with E-state index in [1.165, 1.54) is 11.8 Å². The summed E-state index contributed by atoms with van der Waals surface area (Å²) >= 11 is 0. The average molecular weight is 148 g/mol. The highest BCUT2D eigenvalue weighted by molar-refractivity contribution is 5.13. The van der Waals surface area contributed by atoms with Crippen LogP contribution in [-0.2, 0) is 6.42 Å². The molecule has 0 amide bonds. The molecule has 2 heteroatoms. The van der Waals surface area contributed by atoms with Gasteiger partial charge in [-0.25, -0.2) is 0 Å². The third-order valence-electron chi connectivity index (χ3n) is 1.25. The molecule has 0 aliphatic carbocycles. The van der Waals surface area contributed by atoms with Crippen LogP contribution in [0.15, 0.2) is 30.3 Å². The second-order valence-electron chi connectivity index (χ2n) is 1.97. The molecular formula is C9H12N2. The van der Waals surface area contributed by atoms with Crippen molar-refractivity contribution in [2.24, 2.45) is 5.73 Å². The Kier molecular flexibility index (Phi) is 5.73. The van der Waals surface area contributed by atoms with Gasteiger partial charge in [-0.2, -0.15) is 5.26 Å². The zero-order valence-electron chi connectivity index (χ0n) is 6.62. The highest BCUT2D eigenvalue weighted by atomic mass is 14.5. The summed E-state index contributed by atoms with van der Waals surface area (Å²) in [6.07, 6.45) is 2.39. The van der Waals surface area contributed by atoms with Crippen LogP contribution in [0.2, 0.25) is 0 Å². The zero-order valence-corrected chi connectivity index (χ0v) is 6.62. The molecule has 0 aliphatic heterocycles. The molecular weight excluding hydrogens is 136 g/mol. The number of hydrogen-bond acceptors (Lipinski definition) is 2. The standard InChI is InChI=1S/C8H10.CH2N2/c1-2-8-6-4-3-5-7-8;2-1-3/h3-7H,2H2,1H3;2H2. The Hall–Kier alpha value is -1.49. The molecule has 0 fully saturated rings. The number of nitriles is 1. The van der Waals surface area contributed by atoms with E-state index < -0.39 is 0 Å². The summed E-state index contributed by atoms with van der Waals surface area (Å²) in [4.78, 5) is 0. The van der Waals surface area contributed by atoms with Gasteiger partial charge < -0.3 is 5.73 Å². The van der Waals surface area contributed by atoms with E-state index in [0.717, 1.165) is 6.42 Å². The highest BCUT2D eigenvalue weighted by Crippen LogP contribution is 1.96. The van der Waals surface area contributed by atoms with Gasteiger partial charge in [-0.05, 0) is 12.0 Å². The lowest BCUT2D eigenvalue weighted by Gasteiger charge is -1.89. The predicted octanol–water partition coefficient (Wildman–Crippen LogP) is 1.68. The second-order valence-corrected chi connectivity index (χ2v) is 1.97. The van der Waals surface area contributed by atoms with E-state index in [4.69, 9.17) is 5.26 Å². The fourth-order valence-electron chi connectivity index (χ4n) is 0.714. The number of rotatable bonds is 1. The van der Waals surface area contributed by atoms with Gasteiger partial charge in [-0.3, -0.25) is 0 Å². The fraction of sp³-hybridized carbons (Fsp3) is 0.222. The van der Waals surface area contributed by atoms with Gasteiger partial charge in [-0.1, -0.05) is 37.3 Å². The van der Waals surface area contributed by atoms with Crippen LogP contribution < -0.4 is 5.73 Å². The number of hydrogen-bond donors (Lipinski definition) is 1. The van der Waals surface area contributed by atoms with E-state index in [-0.39, 0.29) is 0 Å². The van der Waals surface area contributed by atoms with Crippen LogP contribution in [-0.4, -0.2) is 0 Å². The van der Waals surface area contributed by atoms with E-state index in [9.17, 15) is 0 Å². The molecule has 0 radical (unpaired) electrons. The minimum atomic E-state index is 1.14. The van der Waals surface area contributed by atoms with Crippen molar-refractivity contribution < 1.29 is 0 Å². The predicted molar refractivity (Wildman–Crippen MR) is 45.6 cm³/mol. The van der Waals surface area contributed by atoms with Crippen LogP contribution in [0.4, 0.5) is 0 Å². The lowest BCUT2D eigenvalue weighted by molar-refractivity contribution is 1.14. The summed E-state index contributed by atoms with van der Waals surface area (Å²) in [5, 5.41) is 7.10. The lowest BCUT2D eigenvalue weighted by atomic mass is 10.2. The highest BCUT2D eigenvalue weighted by Gasteiger charge is 1.79. The molecule has 0 unspecified atom stereocenters. The van der Waals surface area contributed by atoms with Gasteiger partial charge in [0.2, 0.25) is 0 Å².